The molecular weight excluding hydrogens is 436 g/mol. The summed E-state index contributed by atoms with van der Waals surface area (Å²) in [6.07, 6.45) is 1.78. The van der Waals surface area contributed by atoms with E-state index in [1.807, 2.05) is 78.2 Å². The summed E-state index contributed by atoms with van der Waals surface area (Å²) in [6, 6.07) is 23.0. The number of nitrogens with zero attached hydrogens (tertiary/aromatic N) is 3. The van der Waals surface area contributed by atoms with Crippen LogP contribution in [0.25, 0.3) is 11.3 Å². The lowest BCUT2D eigenvalue weighted by Gasteiger charge is -2.18. The van der Waals surface area contributed by atoms with Crippen LogP contribution in [0.3, 0.4) is 0 Å². The van der Waals surface area contributed by atoms with E-state index in [1.165, 1.54) is 11.3 Å². The van der Waals surface area contributed by atoms with Gasteiger partial charge >= 0.3 is 0 Å². The molecule has 1 aliphatic heterocycles. The Morgan fingerprint density at radius 2 is 1.85 bits per heavy atom. The zero-order valence-electron chi connectivity index (χ0n) is 17.8. The highest BCUT2D eigenvalue weighted by Crippen LogP contribution is 2.33. The minimum atomic E-state index is -0.167. The Morgan fingerprint density at radius 3 is 2.64 bits per heavy atom. The molecule has 7 nitrogen and oxygen atoms in total. The predicted octanol–water partition coefficient (Wildman–Crippen LogP) is 4.75. The van der Waals surface area contributed by atoms with Crippen molar-refractivity contribution < 1.29 is 14.3 Å². The number of thiazole rings is 1. The molecule has 3 aromatic carbocycles. The van der Waals surface area contributed by atoms with Gasteiger partial charge in [0.05, 0.1) is 17.6 Å². The van der Waals surface area contributed by atoms with Crippen molar-refractivity contribution in [2.45, 2.75) is 0 Å². The smallest absolute Gasteiger partial charge is 0.262 e. The maximum Gasteiger partial charge on any atom is 0.262 e. The Morgan fingerprint density at radius 1 is 1.06 bits per heavy atom. The van der Waals surface area contributed by atoms with Crippen molar-refractivity contribution in [3.8, 4) is 28.5 Å². The molecule has 0 spiro atoms. The second kappa shape index (κ2) is 9.13. The number of ether oxygens (including phenoxy) is 2. The molecule has 0 aliphatic carbocycles. The van der Waals surface area contributed by atoms with E-state index in [0.29, 0.717) is 11.4 Å². The average Bonchev–Trinajstić information content (AvgIpc) is 3.27. The molecule has 1 aromatic heterocycles. The Bertz CT molecular complexity index is 1390. The molecule has 0 saturated carbocycles. The molecule has 0 atom stereocenters. The molecule has 1 aliphatic rings. The summed E-state index contributed by atoms with van der Waals surface area (Å²) in [5.41, 5.74) is 3.33. The van der Waals surface area contributed by atoms with Crippen LogP contribution in [-0.2, 0) is 4.79 Å². The predicted molar refractivity (Wildman–Crippen MR) is 129 cm³/mol. The molecule has 0 fully saturated rings. The fraction of sp³-hybridized carbons (Fsp3) is 0.0800. The minimum Gasteiger partial charge on any atom is -0.482 e. The first-order chi connectivity index (χ1) is 16.2. The zero-order valence-corrected chi connectivity index (χ0v) is 18.6. The molecule has 0 saturated heterocycles. The van der Waals surface area contributed by atoms with Crippen molar-refractivity contribution in [2.75, 3.05) is 19.0 Å². The quantitative estimate of drug-likeness (QED) is 0.440. The van der Waals surface area contributed by atoms with E-state index in [4.69, 9.17) is 9.47 Å². The molecule has 0 bridgehead atoms. The number of hydrogen-bond donors (Lipinski definition) is 1. The van der Waals surface area contributed by atoms with Crippen LogP contribution in [-0.4, -0.2) is 30.5 Å². The van der Waals surface area contributed by atoms with Crippen molar-refractivity contribution in [1.82, 2.24) is 4.68 Å². The number of hydrogen-bond acceptors (Lipinski definition) is 6. The fourth-order valence-electron chi connectivity index (χ4n) is 3.37. The molecular formula is C25H20N4O3S. The molecule has 1 amide bonds. The van der Waals surface area contributed by atoms with Gasteiger partial charge in [-0.25, -0.2) is 4.68 Å². The molecule has 1 N–H and O–H groups in total. The molecule has 0 radical (unpaired) electrons. The SMILES string of the molecule is CN=c1scc(-c2ccc3c(c2)NC(=O)CO3)n1N=Cc1ccc(Oc2ccccc2)cc1. The molecule has 8 heteroatoms. The first-order valence-corrected chi connectivity index (χ1v) is 11.2. The van der Waals surface area contributed by atoms with Gasteiger partial charge in [-0.05, 0) is 60.2 Å². The summed E-state index contributed by atoms with van der Waals surface area (Å²) in [4.78, 5) is 16.8. The number of carbonyl (C=O) groups excluding carboxylic acids is 1. The van der Waals surface area contributed by atoms with E-state index < -0.39 is 0 Å². The van der Waals surface area contributed by atoms with Crippen molar-refractivity contribution in [3.63, 3.8) is 0 Å². The van der Waals surface area contributed by atoms with Crippen molar-refractivity contribution >= 4 is 29.1 Å². The Kier molecular flexibility index (Phi) is 5.73. The van der Waals surface area contributed by atoms with Crippen LogP contribution in [0, 0.1) is 0 Å². The van der Waals surface area contributed by atoms with Crippen molar-refractivity contribution in [2.24, 2.45) is 10.1 Å². The topological polar surface area (TPSA) is 77.2 Å². The van der Waals surface area contributed by atoms with Gasteiger partial charge in [-0.1, -0.05) is 18.2 Å². The third-order valence-electron chi connectivity index (χ3n) is 4.97. The maximum absolute atomic E-state index is 11.7. The molecule has 0 unspecified atom stereocenters. The first kappa shape index (κ1) is 20.7. The number of nitrogens with one attached hydrogen (secondary N) is 1. The molecule has 5 rings (SSSR count). The third-order valence-corrected chi connectivity index (χ3v) is 5.87. The number of rotatable bonds is 5. The van der Waals surface area contributed by atoms with Crippen molar-refractivity contribution in [3.05, 3.63) is 88.5 Å². The first-order valence-electron chi connectivity index (χ1n) is 10.3. The molecule has 164 valence electrons. The number of fused-ring (bicyclic) bond motifs is 1. The number of carbonyl (C=O) groups is 1. The van der Waals surface area contributed by atoms with E-state index in [-0.39, 0.29) is 12.5 Å². The third kappa shape index (κ3) is 4.56. The fourth-order valence-corrected chi connectivity index (χ4v) is 4.18. The van der Waals surface area contributed by atoms with Crippen LogP contribution in [0.4, 0.5) is 5.69 Å². The summed E-state index contributed by atoms with van der Waals surface area (Å²) in [7, 11) is 1.73. The number of benzene rings is 3. The van der Waals surface area contributed by atoms with Gasteiger partial charge in [0.2, 0.25) is 4.80 Å². The van der Waals surface area contributed by atoms with Gasteiger partial charge in [-0.15, -0.1) is 11.3 Å². The minimum absolute atomic E-state index is 0.0309. The van der Waals surface area contributed by atoms with Crippen LogP contribution >= 0.6 is 11.3 Å². The van der Waals surface area contributed by atoms with Gasteiger partial charge in [-0.2, -0.15) is 5.10 Å². The number of para-hydroxylation sites is 1. The Labute approximate surface area is 194 Å². The lowest BCUT2D eigenvalue weighted by atomic mass is 10.1. The maximum atomic E-state index is 11.7. The zero-order chi connectivity index (χ0) is 22.6. The highest BCUT2D eigenvalue weighted by molar-refractivity contribution is 7.07. The largest absolute Gasteiger partial charge is 0.482 e. The Balaban J connectivity index is 1.41. The van der Waals surface area contributed by atoms with Gasteiger partial charge in [-0.3, -0.25) is 9.79 Å². The summed E-state index contributed by atoms with van der Waals surface area (Å²) in [5, 5.41) is 9.51. The van der Waals surface area contributed by atoms with E-state index in [0.717, 1.165) is 33.1 Å². The van der Waals surface area contributed by atoms with Gasteiger partial charge in [0, 0.05) is 18.0 Å². The lowest BCUT2D eigenvalue weighted by Crippen LogP contribution is -2.25. The van der Waals surface area contributed by atoms with Crippen LogP contribution < -0.4 is 19.6 Å². The van der Waals surface area contributed by atoms with E-state index >= 15 is 0 Å². The summed E-state index contributed by atoms with van der Waals surface area (Å²) >= 11 is 1.49. The summed E-state index contributed by atoms with van der Waals surface area (Å²) < 4.78 is 13.1. The molecule has 4 aromatic rings. The monoisotopic (exact) mass is 456 g/mol. The number of aromatic nitrogens is 1. The van der Waals surface area contributed by atoms with Crippen LogP contribution in [0.2, 0.25) is 0 Å². The Hall–Kier alpha value is -4.17. The number of amides is 1. The van der Waals surface area contributed by atoms with Gasteiger partial charge in [0.1, 0.15) is 17.2 Å². The van der Waals surface area contributed by atoms with Crippen LogP contribution in [0.1, 0.15) is 5.56 Å². The molecule has 2 heterocycles. The van der Waals surface area contributed by atoms with Gasteiger partial charge < -0.3 is 14.8 Å². The number of anilines is 1. The van der Waals surface area contributed by atoms with E-state index in [9.17, 15) is 4.79 Å². The second-order valence-electron chi connectivity index (χ2n) is 7.22. The van der Waals surface area contributed by atoms with Gasteiger partial charge in [0.25, 0.3) is 5.91 Å². The summed E-state index contributed by atoms with van der Waals surface area (Å²) in [5.74, 6) is 2.03. The second-order valence-corrected chi connectivity index (χ2v) is 8.05. The normalized spacial score (nSPS) is 13.5. The van der Waals surface area contributed by atoms with E-state index in [1.54, 1.807) is 17.9 Å². The van der Waals surface area contributed by atoms with E-state index in [2.05, 4.69) is 15.4 Å². The van der Waals surface area contributed by atoms with Crippen molar-refractivity contribution in [1.29, 1.82) is 0 Å². The standard InChI is InChI=1S/C25H20N4O3S/c1-26-25-29(22(16-33-25)18-9-12-23-21(13-18)28-24(30)15-31-23)27-14-17-7-10-20(11-8-17)32-19-5-3-2-4-6-19/h2-14,16H,15H2,1H3,(H,28,30). The van der Waals surface area contributed by atoms with Gasteiger partial charge in [0.15, 0.2) is 6.61 Å². The lowest BCUT2D eigenvalue weighted by molar-refractivity contribution is -0.118. The molecule has 33 heavy (non-hydrogen) atoms. The average molecular weight is 457 g/mol. The van der Waals surface area contributed by atoms with Crippen LogP contribution in [0.15, 0.2) is 88.3 Å². The van der Waals surface area contributed by atoms with Crippen LogP contribution in [0.5, 0.6) is 17.2 Å². The highest BCUT2D eigenvalue weighted by Gasteiger charge is 2.17. The summed E-state index contributed by atoms with van der Waals surface area (Å²) in [6.45, 7) is 0.0309. The highest BCUT2D eigenvalue weighted by atomic mass is 32.1.